The third kappa shape index (κ3) is 6.24. The first kappa shape index (κ1) is 21.7. The van der Waals surface area contributed by atoms with Gasteiger partial charge in [0.15, 0.2) is 5.54 Å². The molecule has 0 amide bonds. The van der Waals surface area contributed by atoms with Gasteiger partial charge in [0, 0.05) is 0 Å². The first-order valence-corrected chi connectivity index (χ1v) is 10.4. The van der Waals surface area contributed by atoms with Crippen LogP contribution in [-0.4, -0.2) is 40.2 Å². The Balaban J connectivity index is 2.11. The summed E-state index contributed by atoms with van der Waals surface area (Å²) in [5, 5.41) is 0. The molecule has 0 radical (unpaired) electrons. The van der Waals surface area contributed by atoms with Gasteiger partial charge in [0.05, 0.1) is 19.5 Å². The van der Waals surface area contributed by atoms with Crippen molar-refractivity contribution in [2.75, 3.05) is 20.3 Å². The Hall–Kier alpha value is -2.58. The molecule has 0 aliphatic rings. The summed E-state index contributed by atoms with van der Waals surface area (Å²) < 4.78 is 43.4. The van der Waals surface area contributed by atoms with Gasteiger partial charge in [-0.25, -0.2) is 13.2 Å². The second kappa shape index (κ2) is 9.57. The summed E-state index contributed by atoms with van der Waals surface area (Å²) in [5.41, 5.74) is -0.976. The van der Waals surface area contributed by atoms with Crippen LogP contribution in [0.2, 0.25) is 0 Å². The van der Waals surface area contributed by atoms with E-state index in [1.165, 1.54) is 14.0 Å². The van der Waals surface area contributed by atoms with Gasteiger partial charge >= 0.3 is 5.97 Å². The lowest BCUT2D eigenvalue weighted by Gasteiger charge is -2.27. The molecule has 2 aromatic carbocycles. The molecule has 0 spiro atoms. The van der Waals surface area contributed by atoms with Gasteiger partial charge in [-0.15, -0.1) is 0 Å². The first-order chi connectivity index (χ1) is 13.3. The largest absolute Gasteiger partial charge is 0.494 e. The number of benzene rings is 2. The summed E-state index contributed by atoms with van der Waals surface area (Å²) in [7, 11) is -2.62. The van der Waals surface area contributed by atoms with Crippen molar-refractivity contribution in [3.05, 3.63) is 60.2 Å². The lowest BCUT2D eigenvalue weighted by Crippen LogP contribution is -2.56. The molecule has 2 rings (SSSR count). The van der Waals surface area contributed by atoms with E-state index < -0.39 is 21.5 Å². The third-order valence-corrected chi connectivity index (χ3v) is 5.35. The molecule has 0 saturated carbocycles. The molecule has 0 saturated heterocycles. The molecule has 152 valence electrons. The molecule has 1 N–H and O–H groups in total. The minimum atomic E-state index is -3.82. The van der Waals surface area contributed by atoms with Crippen molar-refractivity contribution >= 4 is 16.0 Å². The number of hydrogen-bond donors (Lipinski definition) is 1. The minimum Gasteiger partial charge on any atom is -0.494 e. The van der Waals surface area contributed by atoms with Crippen molar-refractivity contribution < 1.29 is 27.4 Å². The predicted octanol–water partition coefficient (Wildman–Crippen LogP) is 2.52. The summed E-state index contributed by atoms with van der Waals surface area (Å²) >= 11 is 0. The first-order valence-electron chi connectivity index (χ1n) is 8.77. The Morgan fingerprint density at radius 2 is 1.57 bits per heavy atom. The van der Waals surface area contributed by atoms with E-state index >= 15 is 0 Å². The molecule has 0 aliphatic carbocycles. The Morgan fingerprint density at radius 3 is 2.11 bits per heavy atom. The minimum absolute atomic E-state index is 0.234. The van der Waals surface area contributed by atoms with Gasteiger partial charge in [-0.05, 0) is 43.7 Å². The quantitative estimate of drug-likeness (QED) is 0.609. The SMILES string of the molecule is CCOc1ccc(OCC(C)(NS(=O)(=O)Cc2ccccc2)C(=O)OC)cc1. The molecule has 0 heterocycles. The Labute approximate surface area is 165 Å². The fourth-order valence-corrected chi connectivity index (χ4v) is 4.09. The molecule has 0 aliphatic heterocycles. The molecule has 28 heavy (non-hydrogen) atoms. The molecule has 2 aromatic rings. The number of methoxy groups -OCH3 is 1. The van der Waals surface area contributed by atoms with Gasteiger partial charge in [0.1, 0.15) is 18.1 Å². The summed E-state index contributed by atoms with van der Waals surface area (Å²) in [6.07, 6.45) is 0. The molecule has 1 unspecified atom stereocenters. The number of hydrogen-bond acceptors (Lipinski definition) is 6. The Morgan fingerprint density at radius 1 is 1.00 bits per heavy atom. The van der Waals surface area contributed by atoms with Gasteiger partial charge in [0.25, 0.3) is 0 Å². The van der Waals surface area contributed by atoms with E-state index in [0.29, 0.717) is 23.7 Å². The van der Waals surface area contributed by atoms with Gasteiger partial charge in [0.2, 0.25) is 10.0 Å². The van der Waals surface area contributed by atoms with Crippen LogP contribution in [0.5, 0.6) is 11.5 Å². The molecule has 0 bridgehead atoms. The fourth-order valence-electron chi connectivity index (χ4n) is 2.55. The highest BCUT2D eigenvalue weighted by molar-refractivity contribution is 7.88. The van der Waals surface area contributed by atoms with E-state index in [1.807, 2.05) is 6.92 Å². The number of carbonyl (C=O) groups is 1. The highest BCUT2D eigenvalue weighted by atomic mass is 32.2. The van der Waals surface area contributed by atoms with Crippen molar-refractivity contribution in [2.24, 2.45) is 0 Å². The average Bonchev–Trinajstić information content (AvgIpc) is 2.67. The van der Waals surface area contributed by atoms with Gasteiger partial charge < -0.3 is 14.2 Å². The molecular formula is C20H25NO6S. The second-order valence-electron chi connectivity index (χ2n) is 6.36. The Bertz CT molecular complexity index is 867. The van der Waals surface area contributed by atoms with Crippen LogP contribution in [0.3, 0.4) is 0 Å². The molecular weight excluding hydrogens is 382 g/mol. The van der Waals surface area contributed by atoms with Gasteiger partial charge in [-0.3, -0.25) is 0 Å². The fraction of sp³-hybridized carbons (Fsp3) is 0.350. The van der Waals surface area contributed by atoms with Gasteiger partial charge in [-0.1, -0.05) is 30.3 Å². The highest BCUT2D eigenvalue weighted by Gasteiger charge is 2.39. The monoisotopic (exact) mass is 407 g/mol. The van der Waals surface area contributed by atoms with Crippen LogP contribution in [0, 0.1) is 0 Å². The maximum Gasteiger partial charge on any atom is 0.330 e. The standard InChI is InChI=1S/C20H25NO6S/c1-4-26-17-10-12-18(13-11-17)27-15-20(2,19(22)25-3)21-28(23,24)14-16-8-6-5-7-9-16/h5-13,21H,4,14-15H2,1-3H3. The molecule has 1 atom stereocenters. The molecule has 0 fully saturated rings. The zero-order chi connectivity index (χ0) is 20.6. The zero-order valence-electron chi connectivity index (χ0n) is 16.2. The van der Waals surface area contributed by atoms with Crippen LogP contribution in [0.15, 0.2) is 54.6 Å². The van der Waals surface area contributed by atoms with Crippen LogP contribution in [0.25, 0.3) is 0 Å². The third-order valence-electron chi connectivity index (χ3n) is 3.88. The van der Waals surface area contributed by atoms with Crippen LogP contribution >= 0.6 is 0 Å². The number of esters is 1. The van der Waals surface area contributed by atoms with Crippen molar-refractivity contribution in [2.45, 2.75) is 25.1 Å². The number of carbonyl (C=O) groups excluding carboxylic acids is 1. The molecule has 8 heteroatoms. The normalized spacial score (nSPS) is 13.4. The van der Waals surface area contributed by atoms with Crippen LogP contribution < -0.4 is 14.2 Å². The number of sulfonamides is 1. The average molecular weight is 407 g/mol. The van der Waals surface area contributed by atoms with Gasteiger partial charge in [-0.2, -0.15) is 4.72 Å². The van der Waals surface area contributed by atoms with E-state index in [2.05, 4.69) is 4.72 Å². The summed E-state index contributed by atoms with van der Waals surface area (Å²) in [5.74, 6) is 0.161. The highest BCUT2D eigenvalue weighted by Crippen LogP contribution is 2.20. The summed E-state index contributed by atoms with van der Waals surface area (Å²) in [4.78, 5) is 12.3. The second-order valence-corrected chi connectivity index (χ2v) is 8.09. The molecule has 0 aromatic heterocycles. The van der Waals surface area contributed by atoms with Crippen molar-refractivity contribution in [1.29, 1.82) is 0 Å². The van der Waals surface area contributed by atoms with Crippen molar-refractivity contribution in [3.8, 4) is 11.5 Å². The number of ether oxygens (including phenoxy) is 3. The lowest BCUT2D eigenvalue weighted by molar-refractivity contribution is -0.148. The summed E-state index contributed by atoms with van der Waals surface area (Å²) in [6, 6.07) is 15.5. The molecule has 7 nitrogen and oxygen atoms in total. The summed E-state index contributed by atoms with van der Waals surface area (Å²) in [6.45, 7) is 3.62. The topological polar surface area (TPSA) is 90.9 Å². The van der Waals surface area contributed by atoms with Crippen molar-refractivity contribution in [3.63, 3.8) is 0 Å². The number of nitrogens with one attached hydrogen (secondary N) is 1. The maximum absolute atomic E-state index is 12.6. The van der Waals surface area contributed by atoms with E-state index in [1.54, 1.807) is 54.6 Å². The van der Waals surface area contributed by atoms with Crippen LogP contribution in [0.4, 0.5) is 0 Å². The zero-order valence-corrected chi connectivity index (χ0v) is 17.0. The predicted molar refractivity (Wildman–Crippen MR) is 106 cm³/mol. The van der Waals surface area contributed by atoms with Crippen molar-refractivity contribution in [1.82, 2.24) is 4.72 Å². The van der Waals surface area contributed by atoms with Crippen LogP contribution in [0.1, 0.15) is 19.4 Å². The van der Waals surface area contributed by atoms with E-state index in [0.717, 1.165) is 0 Å². The smallest absolute Gasteiger partial charge is 0.330 e. The van der Waals surface area contributed by atoms with E-state index in [-0.39, 0.29) is 12.4 Å². The maximum atomic E-state index is 12.6. The number of rotatable bonds is 10. The Kier molecular flexibility index (Phi) is 7.42. The lowest BCUT2D eigenvalue weighted by atomic mass is 10.1. The van der Waals surface area contributed by atoms with E-state index in [4.69, 9.17) is 14.2 Å². The van der Waals surface area contributed by atoms with Crippen LogP contribution in [-0.2, 0) is 25.3 Å². The van der Waals surface area contributed by atoms with E-state index in [9.17, 15) is 13.2 Å².